The van der Waals surface area contributed by atoms with Gasteiger partial charge in [-0.2, -0.15) is 0 Å². The number of hydrogen-bond acceptors (Lipinski definition) is 15. The minimum absolute atomic E-state index is 0.163. The highest BCUT2D eigenvalue weighted by Gasteiger charge is 2.63. The van der Waals surface area contributed by atoms with E-state index in [9.17, 15) is 14.4 Å². The van der Waals surface area contributed by atoms with Crippen molar-refractivity contribution in [3.8, 4) is 0 Å². The minimum atomic E-state index is -5.02. The zero-order valence-corrected chi connectivity index (χ0v) is 39.6. The molecule has 18 heteroatoms. The monoisotopic (exact) mass is 863 g/mol. The molecule has 0 N–H and O–H groups in total. The number of allylic oxidation sites excluding steroid dienone is 4. The van der Waals surface area contributed by atoms with E-state index < -0.39 is 87.8 Å². The maximum atomic E-state index is 15.4. The molecule has 0 saturated carbocycles. The van der Waals surface area contributed by atoms with E-state index in [1.54, 1.807) is 73.2 Å². The summed E-state index contributed by atoms with van der Waals surface area (Å²) in [6, 6.07) is 0. The number of carbonyl (C=O) groups is 3. The molecule has 0 aromatic carbocycles. The largest absolute Gasteiger partial charge is 0.438 e. The van der Waals surface area contributed by atoms with E-state index in [4.69, 9.17) is 37.0 Å². The van der Waals surface area contributed by atoms with Gasteiger partial charge in [0.15, 0.2) is 11.7 Å². The van der Waals surface area contributed by atoms with Gasteiger partial charge in [-0.3, -0.25) is 46.3 Å². The normalized spacial score (nSPS) is 15.3. The Morgan fingerprint density at radius 3 is 1.48 bits per heavy atom. The van der Waals surface area contributed by atoms with Crippen molar-refractivity contribution < 1.29 is 60.6 Å². The molecule has 0 aliphatic rings. The number of nitrogens with zero attached hydrogens (tertiary/aromatic N) is 3. The summed E-state index contributed by atoms with van der Waals surface area (Å²) in [5, 5.41) is 8.52. The summed E-state index contributed by atoms with van der Waals surface area (Å²) in [5.74, 6) is -2.10. The smallest absolute Gasteiger partial charge is 0.354 e. The lowest BCUT2D eigenvalue weighted by Crippen LogP contribution is -2.35. The Kier molecular flexibility index (Phi) is 20.4. The van der Waals surface area contributed by atoms with E-state index in [0.717, 1.165) is 12.8 Å². The van der Waals surface area contributed by atoms with Crippen molar-refractivity contribution in [1.29, 1.82) is 0 Å². The molecule has 0 aliphatic carbocycles. The van der Waals surface area contributed by atoms with Crippen molar-refractivity contribution >= 4 is 33.1 Å². The van der Waals surface area contributed by atoms with Crippen LogP contribution in [0.25, 0.3) is 0 Å². The molecule has 2 atom stereocenters. The van der Waals surface area contributed by atoms with Gasteiger partial charge in [-0.15, -0.1) is 5.10 Å². The van der Waals surface area contributed by atoms with Gasteiger partial charge in [0.1, 0.15) is 0 Å². The van der Waals surface area contributed by atoms with Gasteiger partial charge in [-0.1, -0.05) is 49.3 Å². The van der Waals surface area contributed by atoms with E-state index in [2.05, 4.69) is 43.2 Å². The van der Waals surface area contributed by atoms with Crippen LogP contribution >= 0.6 is 15.2 Å². The molecule has 1 rings (SSSR count). The zero-order valence-electron chi connectivity index (χ0n) is 37.8. The summed E-state index contributed by atoms with van der Waals surface area (Å²) in [4.78, 5) is 35.9. The van der Waals surface area contributed by atoms with E-state index in [1.165, 1.54) is 18.1 Å². The van der Waals surface area contributed by atoms with Crippen LogP contribution in [0.2, 0.25) is 0 Å². The first-order valence-corrected chi connectivity index (χ1v) is 22.5. The number of rotatable bonds is 23. The van der Waals surface area contributed by atoms with Crippen molar-refractivity contribution in [1.82, 2.24) is 15.0 Å². The number of carbonyl (C=O) groups excluding carboxylic acids is 3. The van der Waals surface area contributed by atoms with E-state index >= 15 is 9.13 Å². The van der Waals surface area contributed by atoms with Gasteiger partial charge in [0.2, 0.25) is 20.4 Å². The molecule has 1 aromatic rings. The predicted molar refractivity (Wildman–Crippen MR) is 220 cm³/mol. The summed E-state index contributed by atoms with van der Waals surface area (Å²) >= 11 is 0. The third-order valence-corrected chi connectivity index (χ3v) is 14.1. The third kappa shape index (κ3) is 18.3. The maximum absolute atomic E-state index is 15.4. The molecular formula is C40H71N3O13P2. The molecule has 0 fully saturated rings. The van der Waals surface area contributed by atoms with Crippen LogP contribution in [-0.4, -0.2) is 71.6 Å². The molecule has 1 aromatic heterocycles. The first kappa shape index (κ1) is 53.3. The van der Waals surface area contributed by atoms with Crippen LogP contribution in [0.15, 0.2) is 29.5 Å². The topological polar surface area (TPSA) is 190 Å². The molecule has 0 amide bonds. The van der Waals surface area contributed by atoms with Crippen molar-refractivity contribution in [3.63, 3.8) is 0 Å². The van der Waals surface area contributed by atoms with Gasteiger partial charge in [0.05, 0.1) is 28.5 Å². The van der Waals surface area contributed by atoms with Crippen LogP contribution in [0, 0.1) is 21.7 Å². The Labute approximate surface area is 346 Å². The van der Waals surface area contributed by atoms with Crippen molar-refractivity contribution in [2.75, 3.05) is 33.8 Å². The van der Waals surface area contributed by atoms with E-state index in [1.807, 2.05) is 20.8 Å². The average molecular weight is 864 g/mol. The minimum Gasteiger partial charge on any atom is -0.438 e. The Balaban J connectivity index is 3.84. The molecule has 0 spiro atoms. The molecule has 58 heavy (non-hydrogen) atoms. The molecule has 0 radical (unpaired) electrons. The summed E-state index contributed by atoms with van der Waals surface area (Å²) in [6.07, 6.45) is 7.87. The second kappa shape index (κ2) is 22.2. The number of ether oxygens (including phenoxy) is 4. The number of aryl methyl sites for hydroxylation is 1. The second-order valence-corrected chi connectivity index (χ2v) is 24.3. The van der Waals surface area contributed by atoms with Gasteiger partial charge in [-0.25, -0.2) is 0 Å². The van der Waals surface area contributed by atoms with Crippen LogP contribution in [0.4, 0.5) is 0 Å². The highest BCUT2D eigenvalue weighted by molar-refractivity contribution is 7.74. The zero-order chi connectivity index (χ0) is 44.8. The van der Waals surface area contributed by atoms with E-state index in [0.29, 0.717) is 13.0 Å². The maximum Gasteiger partial charge on any atom is 0.354 e. The highest BCUT2D eigenvalue weighted by atomic mass is 31.2. The van der Waals surface area contributed by atoms with Gasteiger partial charge >= 0.3 is 33.1 Å². The molecule has 334 valence electrons. The summed E-state index contributed by atoms with van der Waals surface area (Å²) in [5.41, 5.74) is -0.576. The predicted octanol–water partition coefficient (Wildman–Crippen LogP) is 9.73. The van der Waals surface area contributed by atoms with Crippen molar-refractivity contribution in [2.24, 2.45) is 21.7 Å². The van der Waals surface area contributed by atoms with Crippen molar-refractivity contribution in [3.05, 3.63) is 35.2 Å². The Hall–Kier alpha value is -2.71. The number of esters is 3. The fourth-order valence-corrected chi connectivity index (χ4v) is 9.19. The first-order valence-electron chi connectivity index (χ1n) is 19.4. The van der Waals surface area contributed by atoms with Crippen LogP contribution in [-0.2, 0) is 73.5 Å². The lowest BCUT2D eigenvalue weighted by Gasteiger charge is -2.39. The SMILES string of the molecule is CC(C)=CCC/C(C)=C\CCn1cc(CC(C)(P(=O)(OCOCC(C)(C)C)OCOC(=O)C(C)(C)C)P(=O)(OCOC(=O)C(C)(C)C)OCOC(=O)C(C)(C)C)nn1. The van der Waals surface area contributed by atoms with Gasteiger partial charge in [0.25, 0.3) is 0 Å². The van der Waals surface area contributed by atoms with Crippen LogP contribution in [0.3, 0.4) is 0 Å². The quantitative estimate of drug-likeness (QED) is 0.0252. The third-order valence-electron chi connectivity index (χ3n) is 8.14. The highest BCUT2D eigenvalue weighted by Crippen LogP contribution is 2.78. The van der Waals surface area contributed by atoms with Gasteiger partial charge in [0, 0.05) is 19.2 Å². The summed E-state index contributed by atoms with van der Waals surface area (Å²) in [7, 11) is -9.96. The van der Waals surface area contributed by atoms with Gasteiger partial charge in [-0.05, 0) is 115 Å². The molecule has 0 aliphatic heterocycles. The molecule has 0 bridgehead atoms. The van der Waals surface area contributed by atoms with Crippen LogP contribution < -0.4 is 0 Å². The van der Waals surface area contributed by atoms with Crippen LogP contribution in [0.5, 0.6) is 0 Å². The standard InChI is InChI=1S/C40H71N3O13P2/c1-30(2)19-17-20-31(3)21-18-22-43-24-32(41-42-43)23-40(16,57(47,53-26-49-25-36(4,5)6)54-27-50-33(44)37(7,8)9)58(48,55-28-51-34(45)38(10,11)12)56-29-52-35(46)39(13,14)15/h19,21,24H,17-18,20,22-23,25-29H2,1-16H3/b31-21-. The second-order valence-electron chi connectivity index (χ2n) is 19.0. The average Bonchev–Trinajstić information content (AvgIpc) is 3.51. The Morgan fingerprint density at radius 2 is 1.09 bits per heavy atom. The molecule has 16 nitrogen and oxygen atoms in total. The lowest BCUT2D eigenvalue weighted by molar-refractivity contribution is -0.162. The molecule has 0 saturated heterocycles. The van der Waals surface area contributed by atoms with Crippen LogP contribution in [0.1, 0.15) is 136 Å². The van der Waals surface area contributed by atoms with E-state index in [-0.39, 0.29) is 17.7 Å². The van der Waals surface area contributed by atoms with Crippen molar-refractivity contribution in [2.45, 2.75) is 148 Å². The number of hydrogen-bond donors (Lipinski definition) is 0. The fraction of sp³-hybridized carbons (Fsp3) is 0.775. The fourth-order valence-electron chi connectivity index (χ4n) is 4.53. The Bertz CT molecular complexity index is 1620. The molecule has 1 heterocycles. The molecular weight excluding hydrogens is 792 g/mol. The number of aromatic nitrogens is 3. The first-order chi connectivity index (χ1) is 26.4. The Morgan fingerprint density at radius 1 is 0.655 bits per heavy atom. The molecule has 2 unspecified atom stereocenters. The lowest BCUT2D eigenvalue weighted by atomic mass is 9.98. The van der Waals surface area contributed by atoms with Gasteiger partial charge < -0.3 is 18.9 Å². The summed E-state index contributed by atoms with van der Waals surface area (Å²) < 4.78 is 77.3. The summed E-state index contributed by atoms with van der Waals surface area (Å²) in [6.45, 7) is 24.9.